The average Bonchev–Trinajstić information content (AvgIpc) is 2.82. The van der Waals surface area contributed by atoms with Gasteiger partial charge in [0.15, 0.2) is 0 Å². The third kappa shape index (κ3) is 2.41. The van der Waals surface area contributed by atoms with Crippen molar-refractivity contribution in [2.45, 2.75) is 12.2 Å². The van der Waals surface area contributed by atoms with E-state index < -0.39 is 0 Å². The van der Waals surface area contributed by atoms with Crippen molar-refractivity contribution in [1.29, 1.82) is 5.41 Å². The van der Waals surface area contributed by atoms with Crippen LogP contribution >= 0.6 is 0 Å². The number of anilines is 1. The van der Waals surface area contributed by atoms with Crippen molar-refractivity contribution in [2.75, 3.05) is 32.2 Å². The molecular weight excluding hydrogens is 234 g/mol. The first-order valence-corrected chi connectivity index (χ1v) is 5.62. The van der Waals surface area contributed by atoms with Crippen molar-refractivity contribution in [3.05, 3.63) is 18.1 Å². The summed E-state index contributed by atoms with van der Waals surface area (Å²) in [6, 6.07) is 0. The average molecular weight is 251 g/mol. The van der Waals surface area contributed by atoms with Gasteiger partial charge in [-0.3, -0.25) is 5.41 Å². The fourth-order valence-corrected chi connectivity index (χ4v) is 2.01. The molecule has 1 aromatic heterocycles. The molecule has 18 heavy (non-hydrogen) atoms. The molecule has 1 aliphatic heterocycles. The lowest BCUT2D eigenvalue weighted by Crippen LogP contribution is -2.27. The van der Waals surface area contributed by atoms with Gasteiger partial charge in [0.25, 0.3) is 0 Å². The minimum absolute atomic E-state index is 0.0317. The first kappa shape index (κ1) is 12.7. The Morgan fingerprint density at radius 2 is 1.89 bits per heavy atom. The highest BCUT2D eigenvalue weighted by Crippen LogP contribution is 2.20. The molecule has 1 aliphatic rings. The first-order chi connectivity index (χ1) is 8.65. The van der Waals surface area contributed by atoms with Gasteiger partial charge in [-0.05, 0) is 0 Å². The summed E-state index contributed by atoms with van der Waals surface area (Å²) in [7, 11) is 3.34. The highest BCUT2D eigenvalue weighted by Gasteiger charge is 2.33. The van der Waals surface area contributed by atoms with Crippen LogP contribution in [0.1, 0.15) is 5.69 Å². The number of nitrogens with zero attached hydrogens (tertiary/aromatic N) is 3. The number of nitrogens with one attached hydrogen (secondary N) is 1. The Hall–Kier alpha value is -1.73. The van der Waals surface area contributed by atoms with Crippen LogP contribution in [0.2, 0.25) is 0 Å². The van der Waals surface area contributed by atoms with E-state index in [1.165, 1.54) is 6.20 Å². The number of rotatable bonds is 4. The van der Waals surface area contributed by atoms with E-state index in [0.717, 1.165) is 5.82 Å². The normalized spacial score (nSPS) is 23.3. The van der Waals surface area contributed by atoms with Crippen molar-refractivity contribution < 1.29 is 9.47 Å². The zero-order valence-electron chi connectivity index (χ0n) is 10.5. The maximum Gasteiger partial charge on any atom is 0.147 e. The maximum absolute atomic E-state index is 7.26. The van der Waals surface area contributed by atoms with Crippen LogP contribution < -0.4 is 10.6 Å². The molecule has 1 saturated heterocycles. The smallest absolute Gasteiger partial charge is 0.147 e. The van der Waals surface area contributed by atoms with E-state index in [2.05, 4.69) is 9.97 Å². The zero-order valence-corrected chi connectivity index (χ0v) is 10.5. The van der Waals surface area contributed by atoms with Crippen LogP contribution in [0.5, 0.6) is 0 Å². The lowest BCUT2D eigenvalue weighted by Gasteiger charge is -2.16. The number of nitrogen functional groups attached to an aromatic ring is 1. The molecule has 0 amide bonds. The Morgan fingerprint density at radius 1 is 1.28 bits per heavy atom. The molecule has 98 valence electrons. The topological polar surface area (TPSA) is 97.4 Å². The molecule has 1 fully saturated rings. The SMILES string of the molecule is COC1CN(c2cnc(C(=N)N)cn2)CC1OC. The Bertz CT molecular complexity index is 410. The fraction of sp³-hybridized carbons (Fsp3) is 0.545. The van der Waals surface area contributed by atoms with Crippen LogP contribution in [0.3, 0.4) is 0 Å². The molecule has 0 saturated carbocycles. The van der Waals surface area contributed by atoms with Crippen LogP contribution in [0, 0.1) is 5.41 Å². The third-order valence-electron chi connectivity index (χ3n) is 3.06. The van der Waals surface area contributed by atoms with Gasteiger partial charge < -0.3 is 20.1 Å². The van der Waals surface area contributed by atoms with E-state index in [1.807, 2.05) is 4.90 Å². The summed E-state index contributed by atoms with van der Waals surface area (Å²) >= 11 is 0. The summed E-state index contributed by atoms with van der Waals surface area (Å²) in [5, 5.41) is 7.26. The second-order valence-corrected chi connectivity index (χ2v) is 4.13. The molecule has 3 N–H and O–H groups in total. The summed E-state index contributed by atoms with van der Waals surface area (Å²) in [6.45, 7) is 1.42. The minimum atomic E-state index is -0.0833. The summed E-state index contributed by atoms with van der Waals surface area (Å²) in [4.78, 5) is 10.4. The summed E-state index contributed by atoms with van der Waals surface area (Å²) in [6.07, 6.45) is 3.18. The number of hydrogen-bond acceptors (Lipinski definition) is 6. The third-order valence-corrected chi connectivity index (χ3v) is 3.06. The van der Waals surface area contributed by atoms with Crippen molar-refractivity contribution in [1.82, 2.24) is 9.97 Å². The molecule has 2 atom stereocenters. The van der Waals surface area contributed by atoms with Crippen LogP contribution in [0.4, 0.5) is 5.82 Å². The predicted molar refractivity (Wildman–Crippen MR) is 66.9 cm³/mol. The van der Waals surface area contributed by atoms with E-state index in [-0.39, 0.29) is 18.0 Å². The second-order valence-electron chi connectivity index (χ2n) is 4.13. The van der Waals surface area contributed by atoms with Gasteiger partial charge in [0.05, 0.1) is 12.4 Å². The largest absolute Gasteiger partial charge is 0.382 e. The number of ether oxygens (including phenoxy) is 2. The fourth-order valence-electron chi connectivity index (χ4n) is 2.01. The minimum Gasteiger partial charge on any atom is -0.382 e. The summed E-state index contributed by atoms with van der Waals surface area (Å²) in [5.74, 6) is 0.654. The number of amidine groups is 1. The van der Waals surface area contributed by atoms with Crippen LogP contribution in [-0.2, 0) is 9.47 Å². The van der Waals surface area contributed by atoms with Gasteiger partial charge >= 0.3 is 0 Å². The Kier molecular flexibility index (Phi) is 3.73. The number of methoxy groups -OCH3 is 2. The highest BCUT2D eigenvalue weighted by atomic mass is 16.5. The molecule has 0 radical (unpaired) electrons. The van der Waals surface area contributed by atoms with Gasteiger partial charge in [-0.1, -0.05) is 0 Å². The van der Waals surface area contributed by atoms with Gasteiger partial charge in [0.2, 0.25) is 0 Å². The molecule has 0 aliphatic carbocycles. The van der Waals surface area contributed by atoms with Crippen molar-refractivity contribution in [2.24, 2.45) is 5.73 Å². The van der Waals surface area contributed by atoms with E-state index in [4.69, 9.17) is 20.6 Å². The molecule has 0 bridgehead atoms. The van der Waals surface area contributed by atoms with Gasteiger partial charge in [0, 0.05) is 27.3 Å². The van der Waals surface area contributed by atoms with Crippen molar-refractivity contribution in [3.8, 4) is 0 Å². The Balaban J connectivity index is 2.11. The van der Waals surface area contributed by atoms with E-state index in [0.29, 0.717) is 18.8 Å². The molecule has 7 heteroatoms. The van der Waals surface area contributed by atoms with Gasteiger partial charge in [-0.15, -0.1) is 0 Å². The van der Waals surface area contributed by atoms with Gasteiger partial charge in [0.1, 0.15) is 29.6 Å². The van der Waals surface area contributed by atoms with Crippen molar-refractivity contribution in [3.63, 3.8) is 0 Å². The standard InChI is InChI=1S/C11H17N5O2/c1-17-8-5-16(6-9(8)18-2)10-4-14-7(3-15-10)11(12)13/h3-4,8-9H,5-6H2,1-2H3,(H3,12,13). The number of nitrogens with two attached hydrogens (primary N) is 1. The van der Waals surface area contributed by atoms with E-state index >= 15 is 0 Å². The monoisotopic (exact) mass is 251 g/mol. The number of hydrogen-bond donors (Lipinski definition) is 2. The second kappa shape index (κ2) is 5.28. The zero-order chi connectivity index (χ0) is 13.1. The van der Waals surface area contributed by atoms with Crippen molar-refractivity contribution >= 4 is 11.7 Å². The van der Waals surface area contributed by atoms with Crippen LogP contribution in [0.25, 0.3) is 0 Å². The molecule has 0 aromatic carbocycles. The first-order valence-electron chi connectivity index (χ1n) is 5.62. The number of aromatic nitrogens is 2. The Labute approximate surface area is 105 Å². The van der Waals surface area contributed by atoms with Gasteiger partial charge in [-0.2, -0.15) is 0 Å². The molecule has 1 aromatic rings. The lowest BCUT2D eigenvalue weighted by molar-refractivity contribution is -0.00461. The Morgan fingerprint density at radius 3 is 2.28 bits per heavy atom. The van der Waals surface area contributed by atoms with Crippen LogP contribution in [0.15, 0.2) is 12.4 Å². The molecule has 2 rings (SSSR count). The summed E-state index contributed by atoms with van der Waals surface area (Å²) in [5.41, 5.74) is 5.71. The summed E-state index contributed by atoms with van der Waals surface area (Å²) < 4.78 is 10.7. The van der Waals surface area contributed by atoms with E-state index in [9.17, 15) is 0 Å². The lowest BCUT2D eigenvalue weighted by atomic mass is 10.3. The molecule has 2 heterocycles. The van der Waals surface area contributed by atoms with Crippen LogP contribution in [-0.4, -0.2) is 55.3 Å². The highest BCUT2D eigenvalue weighted by molar-refractivity contribution is 5.92. The molecule has 0 spiro atoms. The molecular formula is C11H17N5O2. The maximum atomic E-state index is 7.26. The quantitative estimate of drug-likeness (QED) is 0.559. The molecule has 2 unspecified atom stereocenters. The predicted octanol–water partition coefficient (Wildman–Crippen LogP) is -0.389. The van der Waals surface area contributed by atoms with E-state index in [1.54, 1.807) is 20.4 Å². The van der Waals surface area contributed by atoms with Gasteiger partial charge in [-0.25, -0.2) is 9.97 Å². The molecule has 7 nitrogen and oxygen atoms in total.